The number of alkyl halides is 3. The van der Waals surface area contributed by atoms with Gasteiger partial charge in [0.15, 0.2) is 11.0 Å². The fourth-order valence-corrected chi connectivity index (χ4v) is 4.45. The predicted molar refractivity (Wildman–Crippen MR) is 128 cm³/mol. The van der Waals surface area contributed by atoms with E-state index in [2.05, 4.69) is 31.0 Å². The summed E-state index contributed by atoms with van der Waals surface area (Å²) >= 11 is 2.19. The molecule has 14 heteroatoms. The topological polar surface area (TPSA) is 115 Å². The molecule has 2 aromatic carbocycles. The maximum Gasteiger partial charge on any atom is 0.416 e. The molecule has 0 unspecified atom stereocenters. The monoisotopic (exact) mass is 533 g/mol. The van der Waals surface area contributed by atoms with E-state index in [0.29, 0.717) is 15.7 Å². The first-order valence-corrected chi connectivity index (χ1v) is 12.2. The van der Waals surface area contributed by atoms with Crippen LogP contribution in [-0.2, 0) is 17.5 Å². The van der Waals surface area contributed by atoms with Gasteiger partial charge in [0.05, 0.1) is 23.5 Å². The minimum atomic E-state index is -4.56. The highest BCUT2D eigenvalue weighted by Crippen LogP contribution is 2.31. The number of benzene rings is 2. The molecule has 2 aromatic heterocycles. The van der Waals surface area contributed by atoms with Crippen molar-refractivity contribution in [1.82, 2.24) is 30.3 Å². The van der Waals surface area contributed by atoms with Crippen LogP contribution in [0.1, 0.15) is 26.8 Å². The number of thioether (sulfide) groups is 1. The number of carbonyl (C=O) groups is 2. The van der Waals surface area contributed by atoms with Crippen LogP contribution in [0.2, 0.25) is 0 Å². The second-order valence-electron chi connectivity index (χ2n) is 7.29. The Morgan fingerprint density at radius 1 is 1.03 bits per heavy atom. The van der Waals surface area contributed by atoms with Gasteiger partial charge in [-0.05, 0) is 37.3 Å². The molecule has 0 radical (unpaired) electrons. The molecule has 2 N–H and O–H groups in total. The minimum absolute atomic E-state index is 0.103. The van der Waals surface area contributed by atoms with Gasteiger partial charge in [0, 0.05) is 5.56 Å². The summed E-state index contributed by atoms with van der Waals surface area (Å²) in [5.41, 5.74) is -0.296. The van der Waals surface area contributed by atoms with Gasteiger partial charge in [-0.1, -0.05) is 47.4 Å². The Labute approximate surface area is 211 Å². The summed E-state index contributed by atoms with van der Waals surface area (Å²) in [6.07, 6.45) is -4.56. The molecule has 0 aliphatic rings. The number of rotatable bonds is 8. The number of halogens is 3. The third-order valence-corrected chi connectivity index (χ3v) is 6.36. The lowest BCUT2D eigenvalue weighted by atomic mass is 10.2. The Morgan fingerprint density at radius 3 is 2.50 bits per heavy atom. The third-order valence-electron chi connectivity index (χ3n) is 4.68. The largest absolute Gasteiger partial charge is 0.416 e. The lowest BCUT2D eigenvalue weighted by Crippen LogP contribution is -2.24. The van der Waals surface area contributed by atoms with Crippen molar-refractivity contribution in [2.75, 3.05) is 11.1 Å². The highest BCUT2D eigenvalue weighted by Gasteiger charge is 2.31. The highest BCUT2D eigenvalue weighted by molar-refractivity contribution is 7.99. The number of nitrogens with one attached hydrogen (secondary N) is 2. The van der Waals surface area contributed by atoms with Crippen molar-refractivity contribution in [2.45, 2.75) is 24.8 Å². The first-order chi connectivity index (χ1) is 17.2. The van der Waals surface area contributed by atoms with Crippen molar-refractivity contribution in [2.24, 2.45) is 0 Å². The fraction of sp³-hybridized carbons (Fsp3) is 0.182. The average molecular weight is 534 g/mol. The van der Waals surface area contributed by atoms with E-state index in [-0.39, 0.29) is 34.9 Å². The number of nitrogens with zero attached hydrogens (tertiary/aromatic N) is 5. The van der Waals surface area contributed by atoms with Crippen LogP contribution in [0.25, 0.3) is 5.69 Å². The van der Waals surface area contributed by atoms with Gasteiger partial charge in [-0.25, -0.2) is 0 Å². The number of amides is 2. The predicted octanol–water partition coefficient (Wildman–Crippen LogP) is 4.11. The maximum absolute atomic E-state index is 13.3. The highest BCUT2D eigenvalue weighted by atomic mass is 32.2. The Morgan fingerprint density at radius 2 is 1.81 bits per heavy atom. The zero-order chi connectivity index (χ0) is 25.7. The summed E-state index contributed by atoms with van der Waals surface area (Å²) in [5, 5.41) is 22.3. The van der Waals surface area contributed by atoms with Gasteiger partial charge >= 0.3 is 6.18 Å². The lowest BCUT2D eigenvalue weighted by Gasteiger charge is -2.13. The number of anilines is 1. The zero-order valence-electron chi connectivity index (χ0n) is 18.6. The molecule has 0 aliphatic carbocycles. The van der Waals surface area contributed by atoms with E-state index >= 15 is 0 Å². The molecule has 0 bridgehead atoms. The van der Waals surface area contributed by atoms with E-state index in [1.54, 1.807) is 37.3 Å². The summed E-state index contributed by atoms with van der Waals surface area (Å²) < 4.78 is 41.4. The van der Waals surface area contributed by atoms with E-state index in [0.717, 1.165) is 23.9 Å². The summed E-state index contributed by atoms with van der Waals surface area (Å²) in [7, 11) is 0. The van der Waals surface area contributed by atoms with Crippen LogP contribution in [-0.4, -0.2) is 42.5 Å². The van der Waals surface area contributed by atoms with E-state index in [9.17, 15) is 22.8 Å². The normalized spacial score (nSPS) is 11.3. The van der Waals surface area contributed by atoms with Crippen molar-refractivity contribution in [1.29, 1.82) is 0 Å². The van der Waals surface area contributed by atoms with Crippen LogP contribution in [0.4, 0.5) is 18.3 Å². The number of aromatic nitrogens is 5. The van der Waals surface area contributed by atoms with Crippen molar-refractivity contribution in [3.05, 3.63) is 76.6 Å². The standard InChI is InChI=1S/C22H18F3N7O2S2/c1-13-28-30-20(36-13)27-18(33)12-35-21-31-29-17(11-26-19(34)14-6-3-2-4-7-14)32(21)16-9-5-8-15(10-16)22(23,24)25/h2-10H,11-12H2,1H3,(H,26,34)(H,27,30,33). The third kappa shape index (κ3) is 6.26. The lowest BCUT2D eigenvalue weighted by molar-refractivity contribution is -0.137. The Balaban J connectivity index is 1.57. The van der Waals surface area contributed by atoms with Gasteiger partial charge in [0.2, 0.25) is 11.0 Å². The molecule has 0 saturated heterocycles. The summed E-state index contributed by atoms with van der Waals surface area (Å²) in [6.45, 7) is 1.64. The molecule has 2 amide bonds. The van der Waals surface area contributed by atoms with Gasteiger partial charge in [-0.2, -0.15) is 13.2 Å². The number of carbonyl (C=O) groups excluding carboxylic acids is 2. The molecule has 9 nitrogen and oxygen atoms in total. The molecule has 0 spiro atoms. The van der Waals surface area contributed by atoms with Crippen LogP contribution >= 0.6 is 23.1 Å². The molecular formula is C22H18F3N7O2S2. The summed E-state index contributed by atoms with van der Waals surface area (Å²) in [5.74, 6) is -0.684. The van der Waals surface area contributed by atoms with Crippen molar-refractivity contribution in [3.63, 3.8) is 0 Å². The molecule has 2 heterocycles. The van der Waals surface area contributed by atoms with Crippen LogP contribution in [0.15, 0.2) is 59.8 Å². The van der Waals surface area contributed by atoms with Crippen LogP contribution < -0.4 is 10.6 Å². The van der Waals surface area contributed by atoms with Crippen molar-refractivity contribution < 1.29 is 22.8 Å². The van der Waals surface area contributed by atoms with Crippen LogP contribution in [0.5, 0.6) is 0 Å². The molecule has 0 saturated carbocycles. The summed E-state index contributed by atoms with van der Waals surface area (Å²) in [6, 6.07) is 13.1. The second-order valence-corrected chi connectivity index (χ2v) is 9.42. The number of aryl methyl sites for hydroxylation is 1. The Hall–Kier alpha value is -3.78. The molecule has 0 atom stereocenters. The Kier molecular flexibility index (Phi) is 7.64. The molecule has 36 heavy (non-hydrogen) atoms. The second kappa shape index (κ2) is 10.9. The average Bonchev–Trinajstić information content (AvgIpc) is 3.46. The molecular weight excluding hydrogens is 515 g/mol. The van der Waals surface area contributed by atoms with Gasteiger partial charge in [0.25, 0.3) is 5.91 Å². The zero-order valence-corrected chi connectivity index (χ0v) is 20.2. The first kappa shape index (κ1) is 25.3. The van der Waals surface area contributed by atoms with E-state index < -0.39 is 17.6 Å². The van der Waals surface area contributed by atoms with Gasteiger partial charge in [-0.15, -0.1) is 20.4 Å². The minimum Gasteiger partial charge on any atom is -0.345 e. The van der Waals surface area contributed by atoms with Crippen molar-refractivity contribution in [3.8, 4) is 5.69 Å². The number of hydrogen-bond acceptors (Lipinski definition) is 8. The van der Waals surface area contributed by atoms with Gasteiger partial charge in [0.1, 0.15) is 5.01 Å². The van der Waals surface area contributed by atoms with E-state index in [4.69, 9.17) is 0 Å². The number of hydrogen-bond donors (Lipinski definition) is 2. The fourth-order valence-electron chi connectivity index (χ4n) is 3.07. The van der Waals surface area contributed by atoms with E-state index in [1.807, 2.05) is 0 Å². The van der Waals surface area contributed by atoms with Gasteiger partial charge < -0.3 is 5.32 Å². The molecule has 4 aromatic rings. The van der Waals surface area contributed by atoms with Crippen molar-refractivity contribution >= 4 is 40.0 Å². The quantitative estimate of drug-likeness (QED) is 0.328. The molecule has 186 valence electrons. The first-order valence-electron chi connectivity index (χ1n) is 10.4. The van der Waals surface area contributed by atoms with Gasteiger partial charge in [-0.3, -0.25) is 19.5 Å². The summed E-state index contributed by atoms with van der Waals surface area (Å²) in [4.78, 5) is 24.8. The Bertz CT molecular complexity index is 1370. The maximum atomic E-state index is 13.3. The molecule has 0 aliphatic heterocycles. The SMILES string of the molecule is Cc1nnc(NC(=O)CSc2nnc(CNC(=O)c3ccccc3)n2-c2cccc(C(F)(F)F)c2)s1. The van der Waals surface area contributed by atoms with E-state index in [1.165, 1.54) is 28.0 Å². The smallest absolute Gasteiger partial charge is 0.345 e. The molecule has 0 fully saturated rings. The van der Waals surface area contributed by atoms with Crippen LogP contribution in [0.3, 0.4) is 0 Å². The van der Waals surface area contributed by atoms with Crippen LogP contribution in [0, 0.1) is 6.92 Å². The molecule has 4 rings (SSSR count).